The van der Waals surface area contributed by atoms with E-state index >= 15 is 0 Å². The van der Waals surface area contributed by atoms with Crippen molar-refractivity contribution in [2.45, 2.75) is 6.04 Å². The van der Waals surface area contributed by atoms with Gasteiger partial charge in [0.15, 0.2) is 0 Å². The quantitative estimate of drug-likeness (QED) is 0.618. The van der Waals surface area contributed by atoms with Crippen LogP contribution in [0.1, 0.15) is 11.6 Å². The van der Waals surface area contributed by atoms with E-state index in [1.807, 2.05) is 7.05 Å². The van der Waals surface area contributed by atoms with E-state index in [0.29, 0.717) is 5.56 Å². The van der Waals surface area contributed by atoms with Gasteiger partial charge in [0, 0.05) is 19.6 Å². The molecule has 0 aromatic carbocycles. The van der Waals surface area contributed by atoms with Crippen LogP contribution in [0.2, 0.25) is 0 Å². The fraction of sp³-hybridized carbons (Fsp3) is 0.625. The Morgan fingerprint density at radius 3 is 3.15 bits per heavy atom. The summed E-state index contributed by atoms with van der Waals surface area (Å²) in [6.07, 6.45) is 1.49. The number of nitrogens with zero attached hydrogens (tertiary/aromatic N) is 1. The minimum atomic E-state index is -0.132. The molecule has 5 nitrogen and oxygen atoms in total. The molecule has 1 aliphatic heterocycles. The number of rotatable bonds is 1. The van der Waals surface area contributed by atoms with Crippen molar-refractivity contribution in [1.82, 2.24) is 15.4 Å². The van der Waals surface area contributed by atoms with E-state index in [2.05, 4.69) is 15.4 Å². The number of piperazine rings is 1. The molecule has 1 fully saturated rings. The van der Waals surface area contributed by atoms with Gasteiger partial charge in [0.25, 0.3) is 5.56 Å². The zero-order valence-electron chi connectivity index (χ0n) is 7.54. The number of aromatic amines is 1. The molecule has 0 saturated carbocycles. The van der Waals surface area contributed by atoms with Crippen LogP contribution in [0.4, 0.5) is 0 Å². The van der Waals surface area contributed by atoms with Crippen molar-refractivity contribution >= 4 is 0 Å². The molecule has 2 N–H and O–H groups in total. The van der Waals surface area contributed by atoms with E-state index in [9.17, 15) is 4.79 Å². The second kappa shape index (κ2) is 3.35. The second-order valence-electron chi connectivity index (χ2n) is 3.39. The molecule has 0 bridgehead atoms. The van der Waals surface area contributed by atoms with Crippen molar-refractivity contribution in [1.29, 1.82) is 0 Å². The predicted molar refractivity (Wildman–Crippen MR) is 47.6 cm³/mol. The lowest BCUT2D eigenvalue weighted by molar-refractivity contribution is 0.240. The summed E-state index contributed by atoms with van der Waals surface area (Å²) in [5, 5.41) is 5.56. The molecule has 0 spiro atoms. The summed E-state index contributed by atoms with van der Waals surface area (Å²) in [5.41, 5.74) is 0.555. The van der Waals surface area contributed by atoms with Gasteiger partial charge in [0.05, 0.1) is 11.6 Å². The first kappa shape index (κ1) is 8.52. The van der Waals surface area contributed by atoms with Gasteiger partial charge < -0.3 is 14.7 Å². The maximum atomic E-state index is 11.2. The van der Waals surface area contributed by atoms with E-state index in [4.69, 9.17) is 4.52 Å². The standard InChI is InChI=1S/C8H13N3O2/c1-11-3-2-9-7(4-11)6-5-13-10-8(6)12/h5,7,9H,2-4H2,1H3,(H,10,12). The van der Waals surface area contributed by atoms with Gasteiger partial charge in [-0.05, 0) is 7.05 Å². The third-order valence-electron chi connectivity index (χ3n) is 2.35. The first-order valence-electron chi connectivity index (χ1n) is 4.35. The molecule has 1 aliphatic rings. The average Bonchev–Trinajstić information content (AvgIpc) is 2.51. The molecule has 1 atom stereocenters. The molecule has 72 valence electrons. The summed E-state index contributed by atoms with van der Waals surface area (Å²) in [5.74, 6) is 0. The van der Waals surface area contributed by atoms with Crippen molar-refractivity contribution in [2.24, 2.45) is 0 Å². The monoisotopic (exact) mass is 183 g/mol. The highest BCUT2D eigenvalue weighted by Crippen LogP contribution is 2.11. The van der Waals surface area contributed by atoms with Gasteiger partial charge in [-0.25, -0.2) is 0 Å². The van der Waals surface area contributed by atoms with Crippen LogP contribution < -0.4 is 10.9 Å². The van der Waals surface area contributed by atoms with Crippen LogP contribution in [-0.4, -0.2) is 36.7 Å². The van der Waals surface area contributed by atoms with E-state index < -0.39 is 0 Å². The molecular formula is C8H13N3O2. The third-order valence-corrected chi connectivity index (χ3v) is 2.35. The lowest BCUT2D eigenvalue weighted by Crippen LogP contribution is -2.44. The Balaban J connectivity index is 2.17. The zero-order chi connectivity index (χ0) is 9.26. The van der Waals surface area contributed by atoms with Gasteiger partial charge in [0.1, 0.15) is 6.26 Å². The van der Waals surface area contributed by atoms with Crippen LogP contribution >= 0.6 is 0 Å². The maximum Gasteiger partial charge on any atom is 0.284 e. The number of likely N-dealkylation sites (N-methyl/N-ethyl adjacent to an activating group) is 1. The zero-order valence-corrected chi connectivity index (χ0v) is 7.54. The minimum absolute atomic E-state index is 0.0984. The second-order valence-corrected chi connectivity index (χ2v) is 3.39. The Labute approximate surface area is 75.7 Å². The van der Waals surface area contributed by atoms with Crippen molar-refractivity contribution in [3.63, 3.8) is 0 Å². The summed E-state index contributed by atoms with van der Waals surface area (Å²) in [6.45, 7) is 2.78. The van der Waals surface area contributed by atoms with Crippen LogP contribution in [0.3, 0.4) is 0 Å². The Bertz CT molecular complexity index is 330. The molecule has 1 aromatic heterocycles. The largest absolute Gasteiger partial charge is 0.387 e. The maximum absolute atomic E-state index is 11.2. The molecule has 1 unspecified atom stereocenters. The lowest BCUT2D eigenvalue weighted by Gasteiger charge is -2.29. The fourth-order valence-corrected chi connectivity index (χ4v) is 1.60. The van der Waals surface area contributed by atoms with Gasteiger partial charge in [-0.1, -0.05) is 0 Å². The highest BCUT2D eigenvalue weighted by atomic mass is 16.5. The van der Waals surface area contributed by atoms with Gasteiger partial charge in [0.2, 0.25) is 0 Å². The molecule has 0 aliphatic carbocycles. The smallest absolute Gasteiger partial charge is 0.284 e. The van der Waals surface area contributed by atoms with Crippen LogP contribution in [-0.2, 0) is 0 Å². The van der Waals surface area contributed by atoms with Crippen LogP contribution in [0.25, 0.3) is 0 Å². The Hall–Kier alpha value is -1.07. The normalized spacial score (nSPS) is 24.8. The summed E-state index contributed by atoms with van der Waals surface area (Å²) in [6, 6.07) is 0.0984. The first-order valence-corrected chi connectivity index (χ1v) is 4.35. The third kappa shape index (κ3) is 1.66. The van der Waals surface area contributed by atoms with Crippen molar-refractivity contribution in [3.05, 3.63) is 22.2 Å². The van der Waals surface area contributed by atoms with E-state index in [-0.39, 0.29) is 11.6 Å². The number of nitrogens with one attached hydrogen (secondary N) is 2. The topological polar surface area (TPSA) is 61.3 Å². The molecule has 5 heteroatoms. The summed E-state index contributed by atoms with van der Waals surface area (Å²) >= 11 is 0. The summed E-state index contributed by atoms with van der Waals surface area (Å²) in [7, 11) is 2.04. The van der Waals surface area contributed by atoms with E-state index in [1.54, 1.807) is 0 Å². The minimum Gasteiger partial charge on any atom is -0.387 e. The lowest BCUT2D eigenvalue weighted by atomic mass is 10.1. The molecule has 2 rings (SSSR count). The van der Waals surface area contributed by atoms with Crippen LogP contribution in [0.5, 0.6) is 0 Å². The highest BCUT2D eigenvalue weighted by molar-refractivity contribution is 5.09. The summed E-state index contributed by atoms with van der Waals surface area (Å²) < 4.78 is 4.74. The number of hydrogen-bond donors (Lipinski definition) is 2. The summed E-state index contributed by atoms with van der Waals surface area (Å²) in [4.78, 5) is 13.4. The molecular weight excluding hydrogens is 170 g/mol. The average molecular weight is 183 g/mol. The molecule has 1 aromatic rings. The number of aromatic nitrogens is 1. The Morgan fingerprint density at radius 1 is 1.69 bits per heavy atom. The van der Waals surface area contributed by atoms with Crippen molar-refractivity contribution < 1.29 is 4.52 Å². The van der Waals surface area contributed by atoms with Crippen LogP contribution in [0.15, 0.2) is 15.6 Å². The SMILES string of the molecule is CN1CCNC(c2co[nH]c2=O)C1. The van der Waals surface area contributed by atoms with Gasteiger partial charge >= 0.3 is 0 Å². The Kier molecular flexibility index (Phi) is 2.20. The van der Waals surface area contributed by atoms with Gasteiger partial charge in [-0.15, -0.1) is 0 Å². The van der Waals surface area contributed by atoms with Crippen molar-refractivity contribution in [3.8, 4) is 0 Å². The first-order chi connectivity index (χ1) is 6.27. The Morgan fingerprint density at radius 2 is 2.54 bits per heavy atom. The van der Waals surface area contributed by atoms with Crippen molar-refractivity contribution in [2.75, 3.05) is 26.7 Å². The fourth-order valence-electron chi connectivity index (χ4n) is 1.60. The predicted octanol–water partition coefficient (Wildman–Crippen LogP) is -0.456. The molecule has 2 heterocycles. The molecule has 13 heavy (non-hydrogen) atoms. The number of hydrogen-bond acceptors (Lipinski definition) is 4. The molecule has 1 saturated heterocycles. The molecule has 0 amide bonds. The van der Waals surface area contributed by atoms with Gasteiger partial charge in [-0.2, -0.15) is 5.16 Å². The van der Waals surface area contributed by atoms with E-state index in [0.717, 1.165) is 19.6 Å². The van der Waals surface area contributed by atoms with Gasteiger partial charge in [-0.3, -0.25) is 4.79 Å². The molecule has 0 radical (unpaired) electrons. The van der Waals surface area contributed by atoms with E-state index in [1.165, 1.54) is 6.26 Å². The van der Waals surface area contributed by atoms with Crippen LogP contribution in [0, 0.1) is 0 Å². The number of H-pyrrole nitrogens is 1. The highest BCUT2D eigenvalue weighted by Gasteiger charge is 2.21.